The molecular weight excluding hydrogens is 635 g/mol. The second kappa shape index (κ2) is 13.9. The molecule has 13 nitrogen and oxygen atoms in total. The summed E-state index contributed by atoms with van der Waals surface area (Å²) in [5.41, 5.74) is -0.0272. The minimum Gasteiger partial charge on any atom is -0.497 e. The molecule has 2 aliphatic rings. The van der Waals surface area contributed by atoms with Gasteiger partial charge in [-0.15, -0.1) is 0 Å². The van der Waals surface area contributed by atoms with Gasteiger partial charge in [-0.3, -0.25) is 18.7 Å². The first-order valence-corrected chi connectivity index (χ1v) is 15.6. The van der Waals surface area contributed by atoms with Crippen LogP contribution in [0, 0.1) is 5.82 Å². The molecule has 2 aliphatic heterocycles. The van der Waals surface area contributed by atoms with E-state index in [1.165, 1.54) is 25.3 Å². The number of rotatable bonds is 8. The summed E-state index contributed by atoms with van der Waals surface area (Å²) in [6.07, 6.45) is 0.869. The third-order valence-electron chi connectivity index (χ3n) is 8.74. The number of carboxylic acid groups (broad SMARTS) is 1. The smallest absolute Gasteiger partial charge is 0.404 e. The minimum atomic E-state index is -1.34. The maximum atomic E-state index is 14.4. The number of carbonyl (C=O) groups excluding carboxylic acids is 2. The molecule has 2 aromatic carbocycles. The van der Waals surface area contributed by atoms with Crippen LogP contribution in [0.1, 0.15) is 44.2 Å². The van der Waals surface area contributed by atoms with Crippen LogP contribution in [0.4, 0.5) is 19.7 Å². The van der Waals surface area contributed by atoms with Crippen molar-refractivity contribution in [2.24, 2.45) is 0 Å². The van der Waals surface area contributed by atoms with Gasteiger partial charge in [0.15, 0.2) is 0 Å². The molecule has 1 fully saturated rings. The van der Waals surface area contributed by atoms with Crippen molar-refractivity contribution in [3.05, 3.63) is 79.8 Å². The van der Waals surface area contributed by atoms with Crippen molar-refractivity contribution in [3.63, 3.8) is 0 Å². The van der Waals surface area contributed by atoms with E-state index in [0.29, 0.717) is 38.2 Å². The van der Waals surface area contributed by atoms with Crippen LogP contribution in [0.15, 0.2) is 52.2 Å². The van der Waals surface area contributed by atoms with E-state index in [4.69, 9.17) is 21.4 Å². The number of piperidine rings is 1. The molecule has 47 heavy (non-hydrogen) atoms. The zero-order valence-electron chi connectivity index (χ0n) is 26.2. The Labute approximate surface area is 274 Å². The molecule has 1 unspecified atom stereocenters. The number of carbonyl (C=O) groups is 3. The summed E-state index contributed by atoms with van der Waals surface area (Å²) in [7, 11) is 1.59. The third-order valence-corrected chi connectivity index (χ3v) is 9.13. The minimum absolute atomic E-state index is 0.0244. The van der Waals surface area contributed by atoms with Crippen LogP contribution in [0.5, 0.6) is 5.75 Å². The predicted molar refractivity (Wildman–Crippen MR) is 173 cm³/mol. The molecule has 2 atom stereocenters. The number of nitrogens with zero attached hydrogens (tertiary/aromatic N) is 4. The summed E-state index contributed by atoms with van der Waals surface area (Å²) in [6, 6.07) is 8.18. The number of aromatic nitrogens is 2. The second-order valence-electron chi connectivity index (χ2n) is 11.8. The third kappa shape index (κ3) is 6.97. The van der Waals surface area contributed by atoms with Crippen molar-refractivity contribution in [2.45, 2.75) is 51.2 Å². The van der Waals surface area contributed by atoms with Gasteiger partial charge in [-0.1, -0.05) is 30.7 Å². The van der Waals surface area contributed by atoms with E-state index in [1.54, 1.807) is 23.0 Å². The number of nitrogens with one attached hydrogen (secondary N) is 2. The Morgan fingerprint density at radius 3 is 2.55 bits per heavy atom. The standard InChI is InChI=1S/C32H36ClFN6O7/c1-18-15-39(30(43)36-26-8-7-21(47-3)13-23(18)26)20-9-11-37(12-10-20)27(41)17-38-16-24(22-5-4-6-25(34)28(22)33)29(42)40(32(38)46)19(2)14-35-31(44)45/h4-8,13,16,18-20,35H,9-12,14-15,17H2,1-3H3,(H,36,43)(H,44,45)/t18?,19-/m0/s1. The second-order valence-corrected chi connectivity index (χ2v) is 12.2. The lowest BCUT2D eigenvalue weighted by molar-refractivity contribution is -0.133. The van der Waals surface area contributed by atoms with Crippen molar-refractivity contribution < 1.29 is 28.6 Å². The monoisotopic (exact) mass is 670 g/mol. The van der Waals surface area contributed by atoms with E-state index >= 15 is 0 Å². The Morgan fingerprint density at radius 1 is 1.15 bits per heavy atom. The Balaban J connectivity index is 1.35. The van der Waals surface area contributed by atoms with Gasteiger partial charge in [-0.05, 0) is 49.6 Å². The molecule has 5 rings (SSSR count). The van der Waals surface area contributed by atoms with Gasteiger partial charge in [0.1, 0.15) is 18.1 Å². The molecule has 250 valence electrons. The van der Waals surface area contributed by atoms with Gasteiger partial charge in [-0.2, -0.15) is 0 Å². The average molecular weight is 671 g/mol. The van der Waals surface area contributed by atoms with Crippen molar-refractivity contribution in [1.82, 2.24) is 24.3 Å². The van der Waals surface area contributed by atoms with E-state index in [0.717, 1.165) is 26.5 Å². The molecule has 0 spiro atoms. The molecule has 15 heteroatoms. The van der Waals surface area contributed by atoms with Gasteiger partial charge in [-0.25, -0.2) is 18.8 Å². The quantitative estimate of drug-likeness (QED) is 0.328. The fraction of sp³-hybridized carbons (Fsp3) is 0.406. The van der Waals surface area contributed by atoms with E-state index in [2.05, 4.69) is 10.6 Å². The molecule has 4 amide bonds. The van der Waals surface area contributed by atoms with Crippen LogP contribution in [0.25, 0.3) is 11.1 Å². The van der Waals surface area contributed by atoms with E-state index < -0.39 is 41.7 Å². The number of halogens is 2. The Hall–Kier alpha value is -4.85. The molecule has 0 saturated carbocycles. The highest BCUT2D eigenvalue weighted by molar-refractivity contribution is 6.33. The van der Waals surface area contributed by atoms with Crippen LogP contribution in [-0.2, 0) is 11.3 Å². The lowest BCUT2D eigenvalue weighted by Crippen LogP contribution is -2.51. The van der Waals surface area contributed by atoms with Crippen molar-refractivity contribution in [1.29, 1.82) is 0 Å². The number of ether oxygens (including phenoxy) is 1. The first-order chi connectivity index (χ1) is 22.4. The van der Waals surface area contributed by atoms with Crippen LogP contribution in [0.2, 0.25) is 5.02 Å². The highest BCUT2D eigenvalue weighted by atomic mass is 35.5. The topological polar surface area (TPSA) is 155 Å². The van der Waals surface area contributed by atoms with Gasteiger partial charge in [0, 0.05) is 55.6 Å². The number of hydrogen-bond acceptors (Lipinski definition) is 6. The summed E-state index contributed by atoms with van der Waals surface area (Å²) in [6.45, 7) is 3.97. The number of hydrogen-bond donors (Lipinski definition) is 3. The zero-order valence-corrected chi connectivity index (χ0v) is 26.9. The van der Waals surface area contributed by atoms with Crippen molar-refractivity contribution >= 4 is 35.3 Å². The number of benzene rings is 2. The molecule has 0 aliphatic carbocycles. The van der Waals surface area contributed by atoms with Crippen molar-refractivity contribution in [2.75, 3.05) is 38.6 Å². The van der Waals surface area contributed by atoms with Gasteiger partial charge in [0.25, 0.3) is 5.56 Å². The first kappa shape index (κ1) is 33.5. The number of fused-ring (bicyclic) bond motifs is 1. The zero-order chi connectivity index (χ0) is 34.0. The van der Waals surface area contributed by atoms with E-state index in [1.807, 2.05) is 19.1 Å². The van der Waals surface area contributed by atoms with Gasteiger partial charge in [0.2, 0.25) is 5.91 Å². The van der Waals surface area contributed by atoms with Crippen LogP contribution in [0.3, 0.4) is 0 Å². The number of amides is 4. The van der Waals surface area contributed by atoms with E-state index in [-0.39, 0.29) is 40.7 Å². The van der Waals surface area contributed by atoms with Crippen LogP contribution < -0.4 is 26.6 Å². The molecule has 1 aromatic heterocycles. The van der Waals surface area contributed by atoms with Gasteiger partial charge in [0.05, 0.1) is 23.7 Å². The lowest BCUT2D eigenvalue weighted by atomic mass is 9.97. The largest absolute Gasteiger partial charge is 0.497 e. The van der Waals surface area contributed by atoms with Gasteiger partial charge >= 0.3 is 17.8 Å². The number of methoxy groups -OCH3 is 1. The summed E-state index contributed by atoms with van der Waals surface area (Å²) in [5, 5.41) is 13.9. The number of urea groups is 1. The normalized spacial score (nSPS) is 17.4. The maximum absolute atomic E-state index is 14.4. The highest BCUT2D eigenvalue weighted by Gasteiger charge is 2.34. The molecule has 1 saturated heterocycles. The first-order valence-electron chi connectivity index (χ1n) is 15.2. The molecule has 3 aromatic rings. The van der Waals surface area contributed by atoms with Gasteiger partial charge < -0.3 is 30.3 Å². The fourth-order valence-electron chi connectivity index (χ4n) is 6.19. The Bertz CT molecular complexity index is 1820. The SMILES string of the molecule is COc1ccc2c(c1)C(C)CN(C1CCN(C(=O)Cn3cc(-c4cccc(F)c4Cl)c(=O)n([C@@H](C)CNC(=O)O)c3=O)CC1)C(=O)N2. The lowest BCUT2D eigenvalue weighted by Gasteiger charge is -2.38. The highest BCUT2D eigenvalue weighted by Crippen LogP contribution is 2.34. The van der Waals surface area contributed by atoms with Crippen LogP contribution in [-0.4, -0.2) is 81.4 Å². The summed E-state index contributed by atoms with van der Waals surface area (Å²) >= 11 is 6.19. The summed E-state index contributed by atoms with van der Waals surface area (Å²) < 4.78 is 21.6. The molecular formula is C32H36ClFN6O7. The number of anilines is 1. The molecule has 0 bridgehead atoms. The van der Waals surface area contributed by atoms with Crippen LogP contribution >= 0.6 is 11.6 Å². The Morgan fingerprint density at radius 2 is 1.87 bits per heavy atom. The summed E-state index contributed by atoms with van der Waals surface area (Å²) in [4.78, 5) is 68.3. The fourth-order valence-corrected chi connectivity index (χ4v) is 6.41. The van der Waals surface area contributed by atoms with E-state index in [9.17, 15) is 28.4 Å². The molecule has 0 radical (unpaired) electrons. The number of likely N-dealkylation sites (tertiary alicyclic amines) is 1. The predicted octanol–water partition coefficient (Wildman–Crippen LogP) is 3.95. The maximum Gasteiger partial charge on any atom is 0.404 e. The average Bonchev–Trinajstić information content (AvgIpc) is 3.17. The summed E-state index contributed by atoms with van der Waals surface area (Å²) in [5.74, 6) is -0.424. The molecule has 3 N–H and O–H groups in total. The molecule has 3 heterocycles. The van der Waals surface area contributed by atoms with Crippen molar-refractivity contribution in [3.8, 4) is 16.9 Å². The Kier molecular flexibility index (Phi) is 9.89.